The summed E-state index contributed by atoms with van der Waals surface area (Å²) in [5, 5.41) is 0. The summed E-state index contributed by atoms with van der Waals surface area (Å²) in [6.07, 6.45) is 0.774. The molecular weight excluding hydrogens is 148 g/mol. The van der Waals surface area contributed by atoms with Gasteiger partial charge < -0.3 is 4.90 Å². The van der Waals surface area contributed by atoms with Gasteiger partial charge in [0.15, 0.2) is 0 Å². The molecule has 1 atom stereocenters. The van der Waals surface area contributed by atoms with Crippen molar-refractivity contribution < 1.29 is 8.78 Å². The highest BCUT2D eigenvalue weighted by molar-refractivity contribution is 4.86. The molecule has 1 aliphatic rings. The standard InChI is InChI=1S/C8H15F2N/c1-3-11(2)7-4-5-8(9,10)6-7/h7H,3-6H2,1-2H3. The Kier molecular flexibility index (Phi) is 2.47. The molecule has 1 aliphatic carbocycles. The van der Waals surface area contributed by atoms with Crippen LogP contribution in [-0.4, -0.2) is 30.5 Å². The van der Waals surface area contributed by atoms with Crippen LogP contribution < -0.4 is 0 Å². The first-order valence-corrected chi connectivity index (χ1v) is 4.13. The van der Waals surface area contributed by atoms with Gasteiger partial charge in [0.25, 0.3) is 0 Å². The molecule has 0 aliphatic heterocycles. The highest BCUT2D eigenvalue weighted by atomic mass is 19.3. The van der Waals surface area contributed by atoms with E-state index in [1.807, 2.05) is 18.9 Å². The Morgan fingerprint density at radius 1 is 1.55 bits per heavy atom. The number of rotatable bonds is 2. The van der Waals surface area contributed by atoms with Crippen LogP contribution in [0.5, 0.6) is 0 Å². The molecule has 0 radical (unpaired) electrons. The van der Waals surface area contributed by atoms with Gasteiger partial charge in [-0.05, 0) is 20.0 Å². The normalized spacial score (nSPS) is 29.7. The number of halogens is 2. The van der Waals surface area contributed by atoms with Gasteiger partial charge in [-0.25, -0.2) is 8.78 Å². The van der Waals surface area contributed by atoms with Crippen molar-refractivity contribution in [1.29, 1.82) is 0 Å². The van der Waals surface area contributed by atoms with Gasteiger partial charge in [0.05, 0.1) is 0 Å². The van der Waals surface area contributed by atoms with Gasteiger partial charge in [-0.1, -0.05) is 6.92 Å². The lowest BCUT2D eigenvalue weighted by molar-refractivity contribution is 0.00233. The van der Waals surface area contributed by atoms with Crippen LogP contribution in [0, 0.1) is 0 Å². The molecule has 0 aromatic rings. The molecule has 0 N–H and O–H groups in total. The van der Waals surface area contributed by atoms with Crippen LogP contribution in [0.3, 0.4) is 0 Å². The Bertz CT molecular complexity index is 136. The first-order valence-electron chi connectivity index (χ1n) is 4.13. The molecule has 1 unspecified atom stereocenters. The number of nitrogens with zero attached hydrogens (tertiary/aromatic N) is 1. The molecule has 11 heavy (non-hydrogen) atoms. The average molecular weight is 163 g/mol. The van der Waals surface area contributed by atoms with Crippen LogP contribution in [0.25, 0.3) is 0 Å². The molecular formula is C8H15F2N. The highest BCUT2D eigenvalue weighted by Gasteiger charge is 2.40. The number of hydrogen-bond donors (Lipinski definition) is 0. The second-order valence-electron chi connectivity index (χ2n) is 3.33. The van der Waals surface area contributed by atoms with E-state index in [9.17, 15) is 8.78 Å². The highest BCUT2D eigenvalue weighted by Crippen LogP contribution is 2.36. The topological polar surface area (TPSA) is 3.24 Å². The molecule has 1 fully saturated rings. The molecule has 0 bridgehead atoms. The number of alkyl halides is 2. The van der Waals surface area contributed by atoms with Crippen LogP contribution in [0.4, 0.5) is 8.78 Å². The Labute approximate surface area is 66.4 Å². The van der Waals surface area contributed by atoms with Crippen molar-refractivity contribution in [3.8, 4) is 0 Å². The first kappa shape index (κ1) is 8.91. The summed E-state index contributed by atoms with van der Waals surface area (Å²) in [5.41, 5.74) is 0. The zero-order chi connectivity index (χ0) is 8.48. The van der Waals surface area contributed by atoms with Gasteiger partial charge in [-0.15, -0.1) is 0 Å². The molecule has 3 heteroatoms. The lowest BCUT2D eigenvalue weighted by Crippen LogP contribution is -2.30. The van der Waals surface area contributed by atoms with Gasteiger partial charge in [-0.3, -0.25) is 0 Å². The van der Waals surface area contributed by atoms with Crippen LogP contribution >= 0.6 is 0 Å². The molecule has 66 valence electrons. The van der Waals surface area contributed by atoms with Gasteiger partial charge in [-0.2, -0.15) is 0 Å². The second-order valence-corrected chi connectivity index (χ2v) is 3.33. The quantitative estimate of drug-likeness (QED) is 0.602. The SMILES string of the molecule is CCN(C)C1CCC(F)(F)C1. The summed E-state index contributed by atoms with van der Waals surface area (Å²) in [6, 6.07) is 0.106. The smallest absolute Gasteiger partial charge is 0.249 e. The zero-order valence-corrected chi connectivity index (χ0v) is 7.11. The summed E-state index contributed by atoms with van der Waals surface area (Å²) in [4.78, 5) is 2.00. The van der Waals surface area contributed by atoms with E-state index in [-0.39, 0.29) is 18.9 Å². The lowest BCUT2D eigenvalue weighted by Gasteiger charge is -2.21. The van der Waals surface area contributed by atoms with Crippen molar-refractivity contribution in [3.63, 3.8) is 0 Å². The molecule has 1 saturated carbocycles. The van der Waals surface area contributed by atoms with E-state index in [0.29, 0.717) is 6.42 Å². The molecule has 0 amide bonds. The summed E-state index contributed by atoms with van der Waals surface area (Å²) >= 11 is 0. The fourth-order valence-electron chi connectivity index (χ4n) is 1.56. The van der Waals surface area contributed by atoms with Gasteiger partial charge in [0.2, 0.25) is 5.92 Å². The summed E-state index contributed by atoms with van der Waals surface area (Å²) in [7, 11) is 1.91. The Hall–Kier alpha value is -0.180. The second kappa shape index (κ2) is 3.05. The van der Waals surface area contributed by atoms with Crippen molar-refractivity contribution in [2.24, 2.45) is 0 Å². The Morgan fingerprint density at radius 3 is 2.55 bits per heavy atom. The minimum absolute atomic E-state index is 0.0529. The van der Waals surface area contributed by atoms with Crippen LogP contribution in [0.15, 0.2) is 0 Å². The van der Waals surface area contributed by atoms with Crippen molar-refractivity contribution >= 4 is 0 Å². The molecule has 0 heterocycles. The van der Waals surface area contributed by atoms with Crippen molar-refractivity contribution in [2.75, 3.05) is 13.6 Å². The zero-order valence-electron chi connectivity index (χ0n) is 7.11. The van der Waals surface area contributed by atoms with Crippen LogP contribution in [0.1, 0.15) is 26.2 Å². The van der Waals surface area contributed by atoms with Crippen LogP contribution in [0.2, 0.25) is 0 Å². The Morgan fingerprint density at radius 2 is 2.18 bits per heavy atom. The van der Waals surface area contributed by atoms with Gasteiger partial charge >= 0.3 is 0 Å². The van der Waals surface area contributed by atoms with Crippen LogP contribution in [-0.2, 0) is 0 Å². The minimum Gasteiger partial charge on any atom is -0.303 e. The largest absolute Gasteiger partial charge is 0.303 e. The minimum atomic E-state index is -2.39. The molecule has 0 aromatic carbocycles. The fourth-order valence-corrected chi connectivity index (χ4v) is 1.56. The molecule has 1 rings (SSSR count). The predicted octanol–water partition coefficient (Wildman–Crippen LogP) is 2.13. The first-order chi connectivity index (χ1) is 5.05. The van der Waals surface area contributed by atoms with E-state index in [0.717, 1.165) is 6.54 Å². The predicted molar refractivity (Wildman–Crippen MR) is 40.9 cm³/mol. The third kappa shape index (κ3) is 2.12. The van der Waals surface area contributed by atoms with Crippen molar-refractivity contribution in [1.82, 2.24) is 4.90 Å². The van der Waals surface area contributed by atoms with Crippen molar-refractivity contribution in [2.45, 2.75) is 38.2 Å². The number of hydrogen-bond acceptors (Lipinski definition) is 1. The summed E-state index contributed by atoms with van der Waals surface area (Å²) < 4.78 is 25.3. The molecule has 1 nitrogen and oxygen atoms in total. The van der Waals surface area contributed by atoms with Gasteiger partial charge in [0, 0.05) is 18.9 Å². The van der Waals surface area contributed by atoms with E-state index >= 15 is 0 Å². The maximum atomic E-state index is 12.7. The molecule has 0 spiro atoms. The van der Waals surface area contributed by atoms with E-state index < -0.39 is 5.92 Å². The third-order valence-corrected chi connectivity index (χ3v) is 2.50. The average Bonchev–Trinajstić information content (AvgIpc) is 2.29. The van der Waals surface area contributed by atoms with E-state index in [1.165, 1.54) is 0 Å². The van der Waals surface area contributed by atoms with E-state index in [4.69, 9.17) is 0 Å². The third-order valence-electron chi connectivity index (χ3n) is 2.50. The molecule has 0 saturated heterocycles. The fraction of sp³-hybridized carbons (Fsp3) is 1.00. The van der Waals surface area contributed by atoms with Gasteiger partial charge in [0.1, 0.15) is 0 Å². The lowest BCUT2D eigenvalue weighted by atomic mass is 10.2. The maximum absolute atomic E-state index is 12.7. The summed E-state index contributed by atoms with van der Waals surface area (Å²) in [5.74, 6) is -2.39. The van der Waals surface area contributed by atoms with E-state index in [2.05, 4.69) is 0 Å². The van der Waals surface area contributed by atoms with E-state index in [1.54, 1.807) is 0 Å². The van der Waals surface area contributed by atoms with Crippen molar-refractivity contribution in [3.05, 3.63) is 0 Å². The summed E-state index contributed by atoms with van der Waals surface area (Å²) in [6.45, 7) is 2.86. The monoisotopic (exact) mass is 163 g/mol. The molecule has 0 aromatic heterocycles. The maximum Gasteiger partial charge on any atom is 0.249 e. The Balaban J connectivity index is 2.41.